The zero-order valence-corrected chi connectivity index (χ0v) is 24.8. The first-order valence-corrected chi connectivity index (χ1v) is 14.7. The van der Waals surface area contributed by atoms with Crippen LogP contribution in [-0.4, -0.2) is 26.7 Å². The van der Waals surface area contributed by atoms with Crippen molar-refractivity contribution in [2.45, 2.75) is 32.7 Å². The Balaban J connectivity index is 1.28. The molecule has 6 rings (SSSR count). The number of rotatable bonds is 10. The lowest BCUT2D eigenvalue weighted by atomic mass is 9.95. The van der Waals surface area contributed by atoms with Gasteiger partial charge in [-0.25, -0.2) is 0 Å². The summed E-state index contributed by atoms with van der Waals surface area (Å²) in [7, 11) is 0. The average molecular weight is 597 g/mol. The number of likely N-dealkylation sites (tertiary alicyclic amines) is 1. The van der Waals surface area contributed by atoms with Gasteiger partial charge in [-0.15, -0.1) is 0 Å². The van der Waals surface area contributed by atoms with Crippen LogP contribution in [0.1, 0.15) is 39.4 Å². The molecule has 1 aliphatic rings. The van der Waals surface area contributed by atoms with Crippen LogP contribution in [0.4, 0.5) is 0 Å². The summed E-state index contributed by atoms with van der Waals surface area (Å²) in [6, 6.07) is 34.9. The van der Waals surface area contributed by atoms with Crippen molar-refractivity contribution >= 4 is 17.4 Å². The molecule has 1 saturated heterocycles. The third-order valence-electron chi connectivity index (χ3n) is 7.70. The summed E-state index contributed by atoms with van der Waals surface area (Å²) >= 11 is 0. The Morgan fingerprint density at radius 2 is 1.36 bits per heavy atom. The van der Waals surface area contributed by atoms with E-state index in [4.69, 9.17) is 9.47 Å². The second-order valence-electron chi connectivity index (χ2n) is 10.9. The number of nitrogens with zero attached hydrogens (tertiary/aromatic N) is 2. The van der Waals surface area contributed by atoms with Crippen molar-refractivity contribution in [2.75, 3.05) is 0 Å². The quantitative estimate of drug-likeness (QED) is 0.104. The molecular formula is C38H32N2O5. The fourth-order valence-electron chi connectivity index (χ4n) is 5.39. The molecule has 7 nitrogen and oxygen atoms in total. The Hall–Kier alpha value is -5.69. The highest BCUT2D eigenvalue weighted by Gasteiger charge is 2.46. The molecule has 224 valence electrons. The van der Waals surface area contributed by atoms with Gasteiger partial charge in [0.1, 0.15) is 30.5 Å². The number of aryl methyl sites for hydroxylation is 1. The molecule has 4 aromatic carbocycles. The number of Topliss-reactive ketones (excluding diaryl/α,β-unsaturated/α-hetero) is 1. The van der Waals surface area contributed by atoms with Gasteiger partial charge in [0.05, 0.1) is 11.6 Å². The Morgan fingerprint density at radius 3 is 2.02 bits per heavy atom. The summed E-state index contributed by atoms with van der Waals surface area (Å²) in [6.45, 7) is 3.01. The lowest BCUT2D eigenvalue weighted by Crippen LogP contribution is -2.29. The summed E-state index contributed by atoms with van der Waals surface area (Å²) in [4.78, 5) is 32.5. The highest BCUT2D eigenvalue weighted by molar-refractivity contribution is 6.46. The number of benzene rings is 4. The van der Waals surface area contributed by atoms with E-state index in [2.05, 4.69) is 11.1 Å². The zero-order chi connectivity index (χ0) is 31.2. The van der Waals surface area contributed by atoms with Crippen LogP contribution in [0, 0.1) is 6.92 Å². The summed E-state index contributed by atoms with van der Waals surface area (Å²) < 4.78 is 11.9. The van der Waals surface area contributed by atoms with E-state index in [0.717, 1.165) is 22.3 Å². The highest BCUT2D eigenvalue weighted by Crippen LogP contribution is 2.41. The van der Waals surface area contributed by atoms with Gasteiger partial charge in [-0.3, -0.25) is 14.6 Å². The molecule has 1 fully saturated rings. The van der Waals surface area contributed by atoms with E-state index in [1.165, 1.54) is 4.90 Å². The average Bonchev–Trinajstić information content (AvgIpc) is 3.32. The minimum absolute atomic E-state index is 0.0282. The number of pyridine rings is 1. The first-order chi connectivity index (χ1) is 22.0. The second kappa shape index (κ2) is 13.3. The molecular weight excluding hydrogens is 564 g/mol. The molecule has 2 heterocycles. The zero-order valence-electron chi connectivity index (χ0n) is 24.8. The van der Waals surface area contributed by atoms with Crippen LogP contribution in [0.15, 0.2) is 133 Å². The van der Waals surface area contributed by atoms with Gasteiger partial charge < -0.3 is 19.5 Å². The number of hydrogen-bond donors (Lipinski definition) is 1. The van der Waals surface area contributed by atoms with E-state index in [1.807, 2.05) is 79.7 Å². The Kier molecular flexibility index (Phi) is 8.69. The van der Waals surface area contributed by atoms with Crippen LogP contribution in [0.3, 0.4) is 0 Å². The Labute approximate surface area is 262 Å². The van der Waals surface area contributed by atoms with E-state index >= 15 is 0 Å². The van der Waals surface area contributed by atoms with Gasteiger partial charge in [0, 0.05) is 24.5 Å². The van der Waals surface area contributed by atoms with Crippen molar-refractivity contribution in [3.05, 3.63) is 167 Å². The number of carbonyl (C=O) groups excluding carboxylic acids is 2. The third kappa shape index (κ3) is 6.78. The number of carbonyl (C=O) groups is 2. The SMILES string of the molecule is Cc1cccc(COc2ccc(/C(O)=C3/C(=O)C(=O)N(Cc4ccncc4)C3c3ccc(OCc4ccccc4)cc3)cc2)c1. The number of aromatic nitrogens is 1. The van der Waals surface area contributed by atoms with E-state index in [0.29, 0.717) is 35.8 Å². The lowest BCUT2D eigenvalue weighted by molar-refractivity contribution is -0.140. The summed E-state index contributed by atoms with van der Waals surface area (Å²) in [6.07, 6.45) is 3.28. The Morgan fingerprint density at radius 1 is 0.733 bits per heavy atom. The van der Waals surface area contributed by atoms with Crippen LogP contribution >= 0.6 is 0 Å². The molecule has 1 amide bonds. The summed E-state index contributed by atoms with van der Waals surface area (Å²) in [5.41, 5.74) is 5.17. The maximum Gasteiger partial charge on any atom is 0.295 e. The smallest absolute Gasteiger partial charge is 0.295 e. The van der Waals surface area contributed by atoms with Gasteiger partial charge >= 0.3 is 0 Å². The minimum atomic E-state index is -0.807. The van der Waals surface area contributed by atoms with Crippen LogP contribution in [0.25, 0.3) is 5.76 Å². The van der Waals surface area contributed by atoms with Gasteiger partial charge in [-0.1, -0.05) is 72.3 Å². The van der Waals surface area contributed by atoms with Crippen LogP contribution in [-0.2, 0) is 29.3 Å². The summed E-state index contributed by atoms with van der Waals surface area (Å²) in [5.74, 6) is -0.398. The Bertz CT molecular complexity index is 1820. The van der Waals surface area contributed by atoms with Gasteiger partial charge in [0.15, 0.2) is 0 Å². The molecule has 0 saturated carbocycles. The van der Waals surface area contributed by atoms with Crippen molar-refractivity contribution in [1.82, 2.24) is 9.88 Å². The molecule has 0 bridgehead atoms. The topological polar surface area (TPSA) is 89.0 Å². The van der Waals surface area contributed by atoms with Gasteiger partial charge in [0.25, 0.3) is 11.7 Å². The van der Waals surface area contributed by atoms with E-state index in [1.54, 1.807) is 48.8 Å². The van der Waals surface area contributed by atoms with Crippen LogP contribution in [0.2, 0.25) is 0 Å². The molecule has 1 aliphatic heterocycles. The van der Waals surface area contributed by atoms with Crippen LogP contribution in [0.5, 0.6) is 11.5 Å². The predicted molar refractivity (Wildman–Crippen MR) is 171 cm³/mol. The number of ketones is 1. The number of aliphatic hydroxyl groups is 1. The van der Waals surface area contributed by atoms with Crippen molar-refractivity contribution in [2.24, 2.45) is 0 Å². The lowest BCUT2D eigenvalue weighted by Gasteiger charge is -2.25. The first kappa shape index (κ1) is 29.4. The van der Waals surface area contributed by atoms with E-state index < -0.39 is 17.7 Å². The standard InChI is InChI=1S/C38H32N2O5/c1-26-6-5-9-29(22-26)25-45-33-16-12-31(13-17-33)36(41)34-35(40(38(43)37(34)42)23-27-18-20-39-21-19-27)30-10-14-32(15-11-30)44-24-28-7-3-2-4-8-28/h2-22,35,41H,23-25H2,1H3/b36-34-. The fraction of sp³-hybridized carbons (Fsp3) is 0.132. The monoisotopic (exact) mass is 596 g/mol. The molecule has 7 heteroatoms. The molecule has 0 spiro atoms. The maximum absolute atomic E-state index is 13.5. The number of hydrogen-bond acceptors (Lipinski definition) is 6. The maximum atomic E-state index is 13.5. The predicted octanol–water partition coefficient (Wildman–Crippen LogP) is 7.17. The van der Waals surface area contributed by atoms with E-state index in [9.17, 15) is 14.7 Å². The van der Waals surface area contributed by atoms with Crippen molar-refractivity contribution in [3.63, 3.8) is 0 Å². The molecule has 5 aromatic rings. The molecule has 0 aliphatic carbocycles. The molecule has 0 radical (unpaired) electrons. The van der Waals surface area contributed by atoms with Crippen molar-refractivity contribution in [1.29, 1.82) is 0 Å². The van der Waals surface area contributed by atoms with Gasteiger partial charge in [-0.2, -0.15) is 0 Å². The normalized spacial score (nSPS) is 15.7. The first-order valence-electron chi connectivity index (χ1n) is 14.7. The highest BCUT2D eigenvalue weighted by atomic mass is 16.5. The third-order valence-corrected chi connectivity index (χ3v) is 7.70. The van der Waals surface area contributed by atoms with Crippen LogP contribution < -0.4 is 9.47 Å². The number of amides is 1. The van der Waals surface area contributed by atoms with Gasteiger partial charge in [0.2, 0.25) is 0 Å². The molecule has 1 atom stereocenters. The van der Waals surface area contributed by atoms with E-state index in [-0.39, 0.29) is 17.9 Å². The molecule has 1 N–H and O–H groups in total. The largest absolute Gasteiger partial charge is 0.507 e. The number of aliphatic hydroxyl groups excluding tert-OH is 1. The molecule has 1 unspecified atom stereocenters. The summed E-state index contributed by atoms with van der Waals surface area (Å²) in [5, 5.41) is 11.5. The molecule has 45 heavy (non-hydrogen) atoms. The van der Waals surface area contributed by atoms with Gasteiger partial charge in [-0.05, 0) is 77.7 Å². The van der Waals surface area contributed by atoms with Crippen molar-refractivity contribution < 1.29 is 24.2 Å². The minimum Gasteiger partial charge on any atom is -0.507 e. The second-order valence-corrected chi connectivity index (χ2v) is 10.9. The molecule has 1 aromatic heterocycles. The number of ether oxygens (including phenoxy) is 2. The fourth-order valence-corrected chi connectivity index (χ4v) is 5.39. The van der Waals surface area contributed by atoms with Crippen molar-refractivity contribution in [3.8, 4) is 11.5 Å².